The summed E-state index contributed by atoms with van der Waals surface area (Å²) in [6, 6.07) is 18.9. The predicted molar refractivity (Wildman–Crippen MR) is 121 cm³/mol. The molecular weight excluding hydrogens is 409 g/mol. The first kappa shape index (κ1) is 21.6. The third-order valence-corrected chi connectivity index (χ3v) is 5.24. The summed E-state index contributed by atoms with van der Waals surface area (Å²) < 4.78 is 25.1. The van der Waals surface area contributed by atoms with Gasteiger partial charge >= 0.3 is 5.97 Å². The van der Waals surface area contributed by atoms with Crippen molar-refractivity contribution >= 4 is 16.9 Å². The van der Waals surface area contributed by atoms with Crippen molar-refractivity contribution in [2.75, 3.05) is 0 Å². The van der Waals surface area contributed by atoms with Crippen LogP contribution in [0.3, 0.4) is 0 Å². The van der Waals surface area contributed by atoms with E-state index in [1.165, 1.54) is 0 Å². The Morgan fingerprint density at radius 1 is 1.12 bits per heavy atom. The predicted octanol–water partition coefficient (Wildman–Crippen LogP) is 5.41. The molecule has 0 radical (unpaired) electrons. The van der Waals surface area contributed by atoms with E-state index >= 15 is 0 Å². The molecule has 4 rings (SSSR count). The van der Waals surface area contributed by atoms with Crippen molar-refractivity contribution in [3.05, 3.63) is 89.2 Å². The van der Waals surface area contributed by atoms with Crippen LogP contribution in [0.25, 0.3) is 22.1 Å². The minimum Gasteiger partial charge on any atom is -0.489 e. The average molecular weight is 433 g/mol. The number of carboxylic acids is 1. The number of halogens is 1. The number of alkyl halides is 1. The Labute approximate surface area is 185 Å². The van der Waals surface area contributed by atoms with Crippen molar-refractivity contribution in [2.45, 2.75) is 32.7 Å². The van der Waals surface area contributed by atoms with Crippen LogP contribution in [0.5, 0.6) is 5.75 Å². The fourth-order valence-corrected chi connectivity index (χ4v) is 3.80. The number of hydrogen-bond acceptors (Lipinski definition) is 4. The molecular formula is C26H24FNO4. The summed E-state index contributed by atoms with van der Waals surface area (Å²) >= 11 is 0. The molecule has 0 amide bonds. The molecule has 0 aliphatic carbocycles. The topological polar surface area (TPSA) is 85.7 Å². The lowest BCUT2D eigenvalue weighted by molar-refractivity contribution is -0.136. The van der Waals surface area contributed by atoms with Gasteiger partial charge in [-0.2, -0.15) is 0 Å². The van der Waals surface area contributed by atoms with Crippen molar-refractivity contribution in [1.29, 1.82) is 0 Å². The summed E-state index contributed by atoms with van der Waals surface area (Å²) in [6.07, 6.45) is 0.247. The van der Waals surface area contributed by atoms with Gasteiger partial charge in [-0.25, -0.2) is 4.39 Å². The molecule has 0 aliphatic heterocycles. The van der Waals surface area contributed by atoms with Crippen LogP contribution in [-0.2, 0) is 24.2 Å². The molecule has 0 unspecified atom stereocenters. The Kier molecular flexibility index (Phi) is 6.23. The van der Waals surface area contributed by atoms with E-state index in [0.29, 0.717) is 11.3 Å². The van der Waals surface area contributed by atoms with Crippen molar-refractivity contribution in [3.63, 3.8) is 0 Å². The second-order valence-electron chi connectivity index (χ2n) is 7.87. The molecule has 0 bridgehead atoms. The molecule has 0 spiro atoms. The van der Waals surface area contributed by atoms with Gasteiger partial charge in [-0.1, -0.05) is 36.4 Å². The van der Waals surface area contributed by atoms with Crippen molar-refractivity contribution in [1.82, 2.24) is 0 Å². The van der Waals surface area contributed by atoms with Gasteiger partial charge in [0, 0.05) is 22.9 Å². The molecule has 1 aromatic heterocycles. The van der Waals surface area contributed by atoms with E-state index in [1.54, 1.807) is 12.3 Å². The number of rotatable bonds is 8. The van der Waals surface area contributed by atoms with Crippen LogP contribution in [0.15, 0.2) is 71.3 Å². The molecule has 3 aromatic carbocycles. The summed E-state index contributed by atoms with van der Waals surface area (Å²) in [5.41, 5.74) is 11.1. The first-order chi connectivity index (χ1) is 15.4. The molecule has 164 valence electrons. The van der Waals surface area contributed by atoms with Crippen molar-refractivity contribution in [3.8, 4) is 16.9 Å². The average Bonchev–Trinajstić information content (AvgIpc) is 3.21. The zero-order chi connectivity index (χ0) is 22.7. The van der Waals surface area contributed by atoms with Crippen molar-refractivity contribution < 1.29 is 23.4 Å². The number of fused-ring (bicyclic) bond motifs is 1. The number of nitrogens with two attached hydrogens (primary N) is 1. The Morgan fingerprint density at radius 2 is 1.97 bits per heavy atom. The van der Waals surface area contributed by atoms with Gasteiger partial charge in [0.05, 0.1) is 12.7 Å². The third-order valence-electron chi connectivity index (χ3n) is 5.24. The Bertz CT molecular complexity index is 1260. The number of carboxylic acid groups (broad SMARTS) is 1. The van der Waals surface area contributed by atoms with Gasteiger partial charge in [-0.3, -0.25) is 4.79 Å². The molecule has 0 aliphatic rings. The highest BCUT2D eigenvalue weighted by atomic mass is 19.1. The first-order valence-electron chi connectivity index (χ1n) is 10.3. The zero-order valence-electron chi connectivity index (χ0n) is 17.7. The first-order valence-corrected chi connectivity index (χ1v) is 10.3. The molecule has 6 heteroatoms. The van der Waals surface area contributed by atoms with Crippen LogP contribution < -0.4 is 10.5 Å². The maximum atomic E-state index is 13.3. The molecule has 0 fully saturated rings. The highest BCUT2D eigenvalue weighted by Crippen LogP contribution is 2.32. The molecule has 3 N–H and O–H groups in total. The highest BCUT2D eigenvalue weighted by Gasteiger charge is 2.13. The van der Waals surface area contributed by atoms with Crippen molar-refractivity contribution in [2.24, 2.45) is 5.73 Å². The monoisotopic (exact) mass is 433 g/mol. The fraction of sp³-hybridized carbons (Fsp3) is 0.192. The summed E-state index contributed by atoms with van der Waals surface area (Å²) in [5, 5.41) is 10.1. The van der Waals surface area contributed by atoms with E-state index in [4.69, 9.17) is 14.9 Å². The Morgan fingerprint density at radius 3 is 2.75 bits per heavy atom. The van der Waals surface area contributed by atoms with Gasteiger partial charge in [0.25, 0.3) is 0 Å². The molecule has 1 heterocycles. The van der Waals surface area contributed by atoms with Crippen LogP contribution in [0.2, 0.25) is 0 Å². The van der Waals surface area contributed by atoms with Crippen LogP contribution in [-0.4, -0.2) is 17.4 Å². The van der Waals surface area contributed by atoms with E-state index < -0.39 is 12.3 Å². The van der Waals surface area contributed by atoms with Gasteiger partial charge < -0.3 is 20.0 Å². The van der Waals surface area contributed by atoms with Gasteiger partial charge in [0.1, 0.15) is 17.9 Å². The lowest BCUT2D eigenvalue weighted by Crippen LogP contribution is -2.15. The normalized spacial score (nSPS) is 12.1. The molecule has 32 heavy (non-hydrogen) atoms. The quantitative estimate of drug-likeness (QED) is 0.363. The zero-order valence-corrected chi connectivity index (χ0v) is 17.7. The number of furan rings is 1. The minimum absolute atomic E-state index is 0.106. The van der Waals surface area contributed by atoms with Gasteiger partial charge in [0.2, 0.25) is 0 Å². The molecule has 0 saturated carbocycles. The molecule has 0 saturated heterocycles. The number of hydrogen-bond donors (Lipinski definition) is 2. The van der Waals surface area contributed by atoms with E-state index in [0.717, 1.165) is 38.8 Å². The maximum Gasteiger partial charge on any atom is 0.307 e. The van der Waals surface area contributed by atoms with E-state index in [9.17, 15) is 14.3 Å². The third kappa shape index (κ3) is 4.98. The van der Waals surface area contributed by atoms with Gasteiger partial charge in [-0.15, -0.1) is 0 Å². The van der Waals surface area contributed by atoms with Crippen LogP contribution in [0, 0.1) is 6.92 Å². The smallest absolute Gasteiger partial charge is 0.307 e. The largest absolute Gasteiger partial charge is 0.489 e. The molecule has 5 nitrogen and oxygen atoms in total. The standard InChI is InChI=1S/C26H24FNO4/c1-16-5-6-20(14-25(29)30)23(9-16)32-15-18-11-21-7-8-31-26(21)22(12-18)19-4-2-3-17(10-19)13-24(27)28/h2-12,24H,13-15,28H2,1H3,(H,29,30)/t24-/m1/s1. The summed E-state index contributed by atoms with van der Waals surface area (Å²) in [4.78, 5) is 11.2. The maximum absolute atomic E-state index is 13.3. The number of aliphatic carboxylic acids is 1. The molecule has 4 aromatic rings. The number of benzene rings is 3. The fourth-order valence-electron chi connectivity index (χ4n) is 3.80. The second kappa shape index (κ2) is 9.24. The van der Waals surface area contributed by atoms with Crippen LogP contribution >= 0.6 is 0 Å². The lowest BCUT2D eigenvalue weighted by Gasteiger charge is -2.13. The van der Waals surface area contributed by atoms with Gasteiger partial charge in [-0.05, 0) is 53.4 Å². The van der Waals surface area contributed by atoms with Gasteiger partial charge in [0.15, 0.2) is 6.30 Å². The van der Waals surface area contributed by atoms with E-state index in [-0.39, 0.29) is 19.4 Å². The Balaban J connectivity index is 1.66. The van der Waals surface area contributed by atoms with Crippen LogP contribution in [0.1, 0.15) is 22.3 Å². The number of ether oxygens (including phenoxy) is 1. The van der Waals surface area contributed by atoms with Crippen LogP contribution in [0.4, 0.5) is 4.39 Å². The Hall–Kier alpha value is -3.64. The summed E-state index contributed by atoms with van der Waals surface area (Å²) in [5.74, 6) is -0.353. The number of aryl methyl sites for hydroxylation is 1. The summed E-state index contributed by atoms with van der Waals surface area (Å²) in [6.45, 7) is 2.20. The SMILES string of the molecule is Cc1ccc(CC(=O)O)c(OCc2cc(-c3cccc(C[C@@H](N)F)c3)c3occc3c2)c1. The van der Waals surface area contributed by atoms with E-state index in [2.05, 4.69) is 0 Å². The van der Waals surface area contributed by atoms with E-state index in [1.807, 2.05) is 61.5 Å². The minimum atomic E-state index is -1.41. The summed E-state index contributed by atoms with van der Waals surface area (Å²) in [7, 11) is 0. The second-order valence-corrected chi connectivity index (χ2v) is 7.87. The highest BCUT2D eigenvalue weighted by molar-refractivity contribution is 5.93. The number of carbonyl (C=O) groups is 1. The molecule has 1 atom stereocenters. The lowest BCUT2D eigenvalue weighted by atomic mass is 9.98.